The summed E-state index contributed by atoms with van der Waals surface area (Å²) in [4.78, 5) is 39.4. The van der Waals surface area contributed by atoms with E-state index < -0.39 is 12.1 Å². The van der Waals surface area contributed by atoms with Gasteiger partial charge in [-0.15, -0.1) is 0 Å². The first-order valence-corrected chi connectivity index (χ1v) is 14.3. The molecule has 11 heteroatoms. The molecule has 11 nitrogen and oxygen atoms in total. The number of anilines is 2. The molecule has 3 aromatic rings. The van der Waals surface area contributed by atoms with E-state index in [4.69, 9.17) is 14.2 Å². The normalized spacial score (nSPS) is 14.6. The molecule has 0 bridgehead atoms. The molecule has 1 heterocycles. The van der Waals surface area contributed by atoms with Crippen molar-refractivity contribution in [2.75, 3.05) is 32.0 Å². The van der Waals surface area contributed by atoms with Gasteiger partial charge in [0.15, 0.2) is 17.3 Å². The monoisotopic (exact) mass is 591 g/mol. The number of rotatable bonds is 10. The molecule has 43 heavy (non-hydrogen) atoms. The Bertz CT molecular complexity index is 1560. The van der Waals surface area contributed by atoms with Crippen molar-refractivity contribution in [2.24, 2.45) is 13.0 Å². The summed E-state index contributed by atoms with van der Waals surface area (Å²) < 4.78 is 18.8. The van der Waals surface area contributed by atoms with Gasteiger partial charge in [-0.3, -0.25) is 19.1 Å². The summed E-state index contributed by atoms with van der Waals surface area (Å²) in [7, 11) is 6.47. The minimum absolute atomic E-state index is 0.167. The molecule has 4 rings (SSSR count). The second kappa shape index (κ2) is 13.2. The molecule has 0 fully saturated rings. The summed E-state index contributed by atoms with van der Waals surface area (Å²) in [5.41, 5.74) is 3.89. The SMILES string of the molecule is COc1cc2c(c(OC)c1OC)-c1ccc(N[C@@H](CC(C)C)C(=O)Nc3cc(C)n(C)n3)c(=O)cc1[C@@H](NC(C)=O)CC2. The van der Waals surface area contributed by atoms with E-state index in [9.17, 15) is 14.4 Å². The van der Waals surface area contributed by atoms with Gasteiger partial charge in [-0.05, 0) is 67.0 Å². The van der Waals surface area contributed by atoms with Crippen molar-refractivity contribution in [3.63, 3.8) is 0 Å². The Hall–Kier alpha value is -4.54. The number of aryl methyl sites for hydroxylation is 3. The van der Waals surface area contributed by atoms with Gasteiger partial charge in [-0.25, -0.2) is 0 Å². The number of hydrogen-bond donors (Lipinski definition) is 3. The number of ether oxygens (including phenoxy) is 3. The van der Waals surface area contributed by atoms with Gasteiger partial charge in [0.2, 0.25) is 23.0 Å². The first-order chi connectivity index (χ1) is 20.5. The fourth-order valence-corrected chi connectivity index (χ4v) is 5.55. The molecule has 3 N–H and O–H groups in total. The number of fused-ring (bicyclic) bond motifs is 3. The van der Waals surface area contributed by atoms with Crippen LogP contribution >= 0.6 is 0 Å². The second-order valence-electron chi connectivity index (χ2n) is 11.2. The molecular formula is C32H41N5O6. The molecular weight excluding hydrogens is 550 g/mol. The first kappa shape index (κ1) is 31.4. The lowest BCUT2D eigenvalue weighted by atomic mass is 9.95. The molecule has 0 unspecified atom stereocenters. The Morgan fingerprint density at radius 3 is 2.37 bits per heavy atom. The Morgan fingerprint density at radius 2 is 1.79 bits per heavy atom. The van der Waals surface area contributed by atoms with Gasteiger partial charge in [-0.2, -0.15) is 5.10 Å². The Morgan fingerprint density at radius 1 is 1.07 bits per heavy atom. The fourth-order valence-electron chi connectivity index (χ4n) is 5.55. The lowest BCUT2D eigenvalue weighted by Gasteiger charge is -2.20. The molecule has 1 aliphatic carbocycles. The number of methoxy groups -OCH3 is 3. The predicted octanol–water partition coefficient (Wildman–Crippen LogP) is 4.37. The third-order valence-electron chi connectivity index (χ3n) is 7.63. The summed E-state index contributed by atoms with van der Waals surface area (Å²) in [6.45, 7) is 7.38. The molecule has 1 aromatic heterocycles. The second-order valence-corrected chi connectivity index (χ2v) is 11.2. The Kier molecular flexibility index (Phi) is 9.63. The van der Waals surface area contributed by atoms with Gasteiger partial charge in [0.05, 0.1) is 33.1 Å². The van der Waals surface area contributed by atoms with Gasteiger partial charge < -0.3 is 30.2 Å². The Labute approximate surface area is 251 Å². The van der Waals surface area contributed by atoms with E-state index in [0.717, 1.165) is 16.8 Å². The van der Waals surface area contributed by atoms with Crippen molar-refractivity contribution in [1.29, 1.82) is 0 Å². The van der Waals surface area contributed by atoms with Gasteiger partial charge >= 0.3 is 0 Å². The summed E-state index contributed by atoms with van der Waals surface area (Å²) >= 11 is 0. The van der Waals surface area contributed by atoms with Crippen LogP contribution in [-0.4, -0.2) is 49.0 Å². The maximum Gasteiger partial charge on any atom is 0.248 e. The zero-order valence-corrected chi connectivity index (χ0v) is 26.1. The van der Waals surface area contributed by atoms with Crippen molar-refractivity contribution in [1.82, 2.24) is 15.1 Å². The van der Waals surface area contributed by atoms with Gasteiger partial charge in [0.25, 0.3) is 0 Å². The first-order valence-electron chi connectivity index (χ1n) is 14.3. The quantitative estimate of drug-likeness (QED) is 0.317. The minimum atomic E-state index is -0.700. The average molecular weight is 592 g/mol. The van der Waals surface area contributed by atoms with Crippen LogP contribution in [0, 0.1) is 12.8 Å². The largest absolute Gasteiger partial charge is 0.493 e. The van der Waals surface area contributed by atoms with E-state index in [0.29, 0.717) is 53.5 Å². The molecule has 230 valence electrons. The van der Waals surface area contributed by atoms with E-state index in [1.54, 1.807) is 45.2 Å². The highest BCUT2D eigenvalue weighted by molar-refractivity contribution is 5.96. The van der Waals surface area contributed by atoms with Crippen LogP contribution in [0.3, 0.4) is 0 Å². The Balaban J connectivity index is 1.85. The summed E-state index contributed by atoms with van der Waals surface area (Å²) in [5.74, 6) is 1.53. The average Bonchev–Trinajstić information content (AvgIpc) is 3.09. The number of benzene rings is 1. The molecule has 0 saturated carbocycles. The number of carbonyl (C=O) groups excluding carboxylic acids is 2. The van der Waals surface area contributed by atoms with E-state index in [2.05, 4.69) is 21.0 Å². The molecule has 0 saturated heterocycles. The van der Waals surface area contributed by atoms with E-state index in [1.807, 2.05) is 32.9 Å². The van der Waals surface area contributed by atoms with Crippen molar-refractivity contribution in [3.05, 3.63) is 57.4 Å². The molecule has 0 radical (unpaired) electrons. The molecule has 0 spiro atoms. The van der Waals surface area contributed by atoms with Gasteiger partial charge in [0.1, 0.15) is 6.04 Å². The highest BCUT2D eigenvalue weighted by Gasteiger charge is 2.30. The summed E-state index contributed by atoms with van der Waals surface area (Å²) in [6.07, 6.45) is 1.63. The van der Waals surface area contributed by atoms with Crippen molar-refractivity contribution < 1.29 is 23.8 Å². The van der Waals surface area contributed by atoms with Crippen LogP contribution in [0.1, 0.15) is 56.5 Å². The number of aromatic nitrogens is 2. The zero-order valence-electron chi connectivity index (χ0n) is 26.1. The highest BCUT2D eigenvalue weighted by atomic mass is 16.5. The van der Waals surface area contributed by atoms with E-state index in [1.165, 1.54) is 13.0 Å². The zero-order chi connectivity index (χ0) is 31.4. The van der Waals surface area contributed by atoms with Crippen LogP contribution in [0.25, 0.3) is 11.1 Å². The fraction of sp³-hybridized carbons (Fsp3) is 0.438. The number of amides is 2. The van der Waals surface area contributed by atoms with Gasteiger partial charge in [0, 0.05) is 31.3 Å². The summed E-state index contributed by atoms with van der Waals surface area (Å²) in [6, 6.07) is 7.62. The number of nitrogens with one attached hydrogen (secondary N) is 3. The molecule has 2 atom stereocenters. The topological polar surface area (TPSA) is 133 Å². The van der Waals surface area contributed by atoms with E-state index in [-0.39, 0.29) is 28.8 Å². The standard InChI is InChI=1S/C32H41N5O6/c1-17(2)13-25(32(40)35-28-14-18(3)37(5)36-28)34-24-12-10-21-22(16-26(24)39)23(33-19(4)38)11-9-20-15-27(41-6)30(42-7)31(43-8)29(20)21/h10,12,14-17,23,25H,9,11,13H2,1-8H3,(H,33,38)(H,34,39)(H,35,36,40)/t23-,25-/m0/s1. The lowest BCUT2D eigenvalue weighted by Crippen LogP contribution is -2.37. The number of nitrogens with zero attached hydrogens (tertiary/aromatic N) is 2. The molecule has 1 aliphatic rings. The molecule has 2 amide bonds. The third kappa shape index (κ3) is 6.76. The third-order valence-corrected chi connectivity index (χ3v) is 7.63. The maximum atomic E-state index is 13.8. The van der Waals surface area contributed by atoms with Crippen molar-refractivity contribution >= 4 is 23.3 Å². The van der Waals surface area contributed by atoms with Crippen LogP contribution in [0.2, 0.25) is 0 Å². The van der Waals surface area contributed by atoms with Crippen LogP contribution in [0.4, 0.5) is 11.5 Å². The van der Waals surface area contributed by atoms with Crippen LogP contribution < -0.4 is 35.6 Å². The maximum absolute atomic E-state index is 13.8. The van der Waals surface area contributed by atoms with Crippen molar-refractivity contribution in [3.8, 4) is 28.4 Å². The van der Waals surface area contributed by atoms with Crippen LogP contribution in [0.15, 0.2) is 35.1 Å². The van der Waals surface area contributed by atoms with Crippen LogP contribution in [0.5, 0.6) is 17.2 Å². The minimum Gasteiger partial charge on any atom is -0.493 e. The number of hydrogen-bond acceptors (Lipinski definition) is 8. The number of carbonyl (C=O) groups is 2. The predicted molar refractivity (Wildman–Crippen MR) is 166 cm³/mol. The summed E-state index contributed by atoms with van der Waals surface area (Å²) in [5, 5.41) is 13.4. The lowest BCUT2D eigenvalue weighted by molar-refractivity contribution is -0.120. The van der Waals surface area contributed by atoms with Gasteiger partial charge in [-0.1, -0.05) is 19.9 Å². The smallest absolute Gasteiger partial charge is 0.248 e. The molecule has 0 aliphatic heterocycles. The molecule has 2 aromatic carbocycles. The highest BCUT2D eigenvalue weighted by Crippen LogP contribution is 2.50. The van der Waals surface area contributed by atoms with E-state index >= 15 is 0 Å². The van der Waals surface area contributed by atoms with Crippen LogP contribution in [-0.2, 0) is 23.1 Å². The van der Waals surface area contributed by atoms with Crippen molar-refractivity contribution in [2.45, 2.75) is 59.0 Å².